The van der Waals surface area contributed by atoms with Gasteiger partial charge in [0.1, 0.15) is 6.61 Å². The number of methoxy groups -OCH3 is 1. The summed E-state index contributed by atoms with van der Waals surface area (Å²) in [5.74, 6) is -0.325. The second kappa shape index (κ2) is 9.70. The van der Waals surface area contributed by atoms with Crippen LogP contribution in [0.4, 0.5) is 16.2 Å². The molecule has 35 heavy (non-hydrogen) atoms. The van der Waals surface area contributed by atoms with Crippen LogP contribution in [0.15, 0.2) is 66.7 Å². The van der Waals surface area contributed by atoms with Crippen molar-refractivity contribution in [2.75, 3.05) is 57.2 Å². The van der Waals surface area contributed by atoms with Crippen molar-refractivity contribution in [2.45, 2.75) is 5.92 Å². The smallest absolute Gasteiger partial charge is 0.409 e. The van der Waals surface area contributed by atoms with Gasteiger partial charge in [-0.15, -0.1) is 0 Å². The van der Waals surface area contributed by atoms with Crippen LogP contribution in [0.1, 0.15) is 27.4 Å². The lowest BCUT2D eigenvalue weighted by atomic mass is 9.98. The fourth-order valence-corrected chi connectivity index (χ4v) is 5.01. The van der Waals surface area contributed by atoms with E-state index >= 15 is 0 Å². The standard InChI is InChI=1S/C28H29N3O4/c1-29-20-15-19(27(32)34-2)16-21(17-20)30-11-13-31(14-12-30)28(33)35-18-26-24-9-5-3-7-22(24)23-8-4-6-10-25(23)26/h3-10,15-17,26,29H,11-14,18H2,1-2H3. The van der Waals surface area contributed by atoms with Gasteiger partial charge < -0.3 is 24.6 Å². The maximum Gasteiger partial charge on any atom is 0.409 e. The Morgan fingerprint density at radius 3 is 2.14 bits per heavy atom. The summed E-state index contributed by atoms with van der Waals surface area (Å²) >= 11 is 0. The summed E-state index contributed by atoms with van der Waals surface area (Å²) in [6, 6.07) is 22.2. The molecule has 0 saturated carbocycles. The van der Waals surface area contributed by atoms with Crippen LogP contribution in [-0.2, 0) is 9.47 Å². The summed E-state index contributed by atoms with van der Waals surface area (Å²) < 4.78 is 10.7. The number of rotatable bonds is 5. The topological polar surface area (TPSA) is 71.1 Å². The van der Waals surface area contributed by atoms with Gasteiger partial charge in [-0.3, -0.25) is 0 Å². The van der Waals surface area contributed by atoms with E-state index in [-0.39, 0.29) is 18.0 Å². The number of piperazine rings is 1. The van der Waals surface area contributed by atoms with Crippen LogP contribution in [0.3, 0.4) is 0 Å². The van der Waals surface area contributed by atoms with Crippen LogP contribution in [0, 0.1) is 0 Å². The first-order chi connectivity index (χ1) is 17.1. The maximum atomic E-state index is 12.9. The first-order valence-electron chi connectivity index (χ1n) is 11.8. The highest BCUT2D eigenvalue weighted by molar-refractivity contribution is 5.92. The van der Waals surface area contributed by atoms with Gasteiger partial charge in [0.05, 0.1) is 12.7 Å². The van der Waals surface area contributed by atoms with Gasteiger partial charge in [0.25, 0.3) is 0 Å². The molecule has 180 valence electrons. The predicted octanol–water partition coefficient (Wildman–Crippen LogP) is 4.59. The molecule has 1 aliphatic heterocycles. The summed E-state index contributed by atoms with van der Waals surface area (Å²) in [5.41, 5.74) is 7.09. The number of ether oxygens (including phenoxy) is 2. The second-order valence-electron chi connectivity index (χ2n) is 8.79. The lowest BCUT2D eigenvalue weighted by molar-refractivity contribution is 0.0600. The maximum absolute atomic E-state index is 12.9. The molecular weight excluding hydrogens is 442 g/mol. The van der Waals surface area contributed by atoms with E-state index in [1.54, 1.807) is 11.0 Å². The van der Waals surface area contributed by atoms with E-state index in [0.29, 0.717) is 38.3 Å². The number of carbonyl (C=O) groups excluding carboxylic acids is 2. The van der Waals surface area contributed by atoms with Gasteiger partial charge in [0, 0.05) is 50.5 Å². The van der Waals surface area contributed by atoms with E-state index in [9.17, 15) is 9.59 Å². The Labute approximate surface area is 205 Å². The summed E-state index contributed by atoms with van der Waals surface area (Å²) in [4.78, 5) is 28.9. The molecule has 1 fully saturated rings. The fourth-order valence-electron chi connectivity index (χ4n) is 5.01. The summed E-state index contributed by atoms with van der Waals surface area (Å²) in [7, 11) is 3.19. The van der Waals surface area contributed by atoms with Crippen LogP contribution in [0.5, 0.6) is 0 Å². The zero-order valence-corrected chi connectivity index (χ0v) is 20.0. The normalized spacial score (nSPS) is 14.8. The zero-order chi connectivity index (χ0) is 24.4. The molecule has 1 aliphatic carbocycles. The Kier molecular flexibility index (Phi) is 6.31. The van der Waals surface area contributed by atoms with Gasteiger partial charge >= 0.3 is 12.1 Å². The number of hydrogen-bond acceptors (Lipinski definition) is 6. The fraction of sp³-hybridized carbons (Fsp3) is 0.286. The van der Waals surface area contributed by atoms with E-state index in [2.05, 4.69) is 34.5 Å². The quantitative estimate of drug-likeness (QED) is 0.549. The zero-order valence-electron chi connectivity index (χ0n) is 20.0. The van der Waals surface area contributed by atoms with Crippen molar-refractivity contribution in [1.82, 2.24) is 4.90 Å². The van der Waals surface area contributed by atoms with Crippen LogP contribution >= 0.6 is 0 Å². The predicted molar refractivity (Wildman–Crippen MR) is 136 cm³/mol. The number of carbonyl (C=O) groups is 2. The third kappa shape index (κ3) is 4.41. The van der Waals surface area contributed by atoms with Crippen molar-refractivity contribution < 1.29 is 19.1 Å². The van der Waals surface area contributed by atoms with Gasteiger partial charge in [0.2, 0.25) is 0 Å². The van der Waals surface area contributed by atoms with Crippen molar-refractivity contribution in [3.05, 3.63) is 83.4 Å². The molecule has 1 saturated heterocycles. The Morgan fingerprint density at radius 2 is 1.54 bits per heavy atom. The minimum absolute atomic E-state index is 0.0497. The van der Waals surface area contributed by atoms with Crippen molar-refractivity contribution in [2.24, 2.45) is 0 Å². The van der Waals surface area contributed by atoms with E-state index in [4.69, 9.17) is 9.47 Å². The monoisotopic (exact) mass is 471 g/mol. The Morgan fingerprint density at radius 1 is 0.914 bits per heavy atom. The highest BCUT2D eigenvalue weighted by atomic mass is 16.6. The molecule has 0 unspecified atom stereocenters. The first kappa shape index (κ1) is 22.8. The molecule has 1 N–H and O–H groups in total. The summed E-state index contributed by atoms with van der Waals surface area (Å²) in [5, 5.41) is 3.09. The van der Waals surface area contributed by atoms with Crippen LogP contribution < -0.4 is 10.2 Å². The molecule has 0 radical (unpaired) electrons. The van der Waals surface area contributed by atoms with E-state index in [1.165, 1.54) is 29.4 Å². The molecule has 2 aliphatic rings. The number of benzene rings is 3. The van der Waals surface area contributed by atoms with Crippen LogP contribution in [-0.4, -0.2) is 63.9 Å². The first-order valence-corrected chi connectivity index (χ1v) is 11.8. The number of amides is 1. The highest BCUT2D eigenvalue weighted by Crippen LogP contribution is 2.44. The SMILES string of the molecule is CNc1cc(C(=O)OC)cc(N2CCN(C(=O)OCC3c4ccccc4-c4ccccc43)CC2)c1. The van der Waals surface area contributed by atoms with Gasteiger partial charge in [-0.25, -0.2) is 9.59 Å². The molecule has 5 rings (SSSR count). The molecule has 0 aromatic heterocycles. The van der Waals surface area contributed by atoms with Gasteiger partial charge in [-0.1, -0.05) is 48.5 Å². The van der Waals surface area contributed by atoms with Gasteiger partial charge in [0.15, 0.2) is 0 Å². The Hall–Kier alpha value is -4.00. The average Bonchev–Trinajstić information content (AvgIpc) is 3.24. The molecule has 1 amide bonds. The number of nitrogens with zero attached hydrogens (tertiary/aromatic N) is 2. The van der Waals surface area contributed by atoms with E-state index < -0.39 is 0 Å². The molecule has 7 nitrogen and oxygen atoms in total. The minimum atomic E-state index is -0.374. The molecule has 0 spiro atoms. The van der Waals surface area contributed by atoms with E-state index in [1.807, 2.05) is 43.4 Å². The lowest BCUT2D eigenvalue weighted by Gasteiger charge is -2.36. The second-order valence-corrected chi connectivity index (χ2v) is 8.79. The number of anilines is 2. The van der Waals surface area contributed by atoms with Crippen molar-refractivity contribution >= 4 is 23.4 Å². The number of hydrogen-bond donors (Lipinski definition) is 1. The summed E-state index contributed by atoms with van der Waals surface area (Å²) in [6.07, 6.45) is -0.286. The lowest BCUT2D eigenvalue weighted by Crippen LogP contribution is -2.49. The Balaban J connectivity index is 1.22. The number of esters is 1. The van der Waals surface area contributed by atoms with Crippen LogP contribution in [0.2, 0.25) is 0 Å². The Bertz CT molecular complexity index is 1200. The third-order valence-electron chi connectivity index (χ3n) is 6.87. The molecular formula is C28H29N3O4. The molecule has 0 atom stereocenters. The van der Waals surface area contributed by atoms with Gasteiger partial charge in [-0.2, -0.15) is 0 Å². The molecule has 0 bridgehead atoms. The van der Waals surface area contributed by atoms with Gasteiger partial charge in [-0.05, 0) is 40.5 Å². The molecule has 1 heterocycles. The summed E-state index contributed by atoms with van der Waals surface area (Å²) in [6.45, 7) is 2.72. The average molecular weight is 472 g/mol. The third-order valence-corrected chi connectivity index (χ3v) is 6.87. The minimum Gasteiger partial charge on any atom is -0.465 e. The van der Waals surface area contributed by atoms with Crippen LogP contribution in [0.25, 0.3) is 11.1 Å². The molecule has 7 heteroatoms. The van der Waals surface area contributed by atoms with Crippen molar-refractivity contribution in [3.8, 4) is 11.1 Å². The van der Waals surface area contributed by atoms with Crippen molar-refractivity contribution in [1.29, 1.82) is 0 Å². The number of fused-ring (bicyclic) bond motifs is 3. The molecule has 3 aromatic carbocycles. The highest BCUT2D eigenvalue weighted by Gasteiger charge is 2.30. The number of nitrogens with one attached hydrogen (secondary N) is 1. The largest absolute Gasteiger partial charge is 0.465 e. The molecule has 3 aromatic rings. The van der Waals surface area contributed by atoms with E-state index in [0.717, 1.165) is 11.4 Å². The van der Waals surface area contributed by atoms with Crippen molar-refractivity contribution in [3.63, 3.8) is 0 Å².